The maximum atomic E-state index is 12.9. The Morgan fingerprint density at radius 3 is 2.39 bits per heavy atom. The van der Waals surface area contributed by atoms with Crippen LogP contribution in [0.4, 0.5) is 16.2 Å². The summed E-state index contributed by atoms with van der Waals surface area (Å²) in [5.41, 5.74) is 1.35. The van der Waals surface area contributed by atoms with Gasteiger partial charge in [0.15, 0.2) is 0 Å². The number of nitrogens with zero attached hydrogens (tertiary/aromatic N) is 2. The summed E-state index contributed by atoms with van der Waals surface area (Å²) in [4.78, 5) is 40.8. The number of methoxy groups -OCH3 is 1. The van der Waals surface area contributed by atoms with Crippen LogP contribution >= 0.6 is 0 Å². The van der Waals surface area contributed by atoms with E-state index >= 15 is 0 Å². The Labute approximate surface area is 182 Å². The molecule has 1 heterocycles. The van der Waals surface area contributed by atoms with Crippen molar-refractivity contribution in [2.45, 2.75) is 12.8 Å². The number of rotatable bonds is 6. The fourth-order valence-electron chi connectivity index (χ4n) is 3.57. The Hall–Kier alpha value is -3.55. The van der Waals surface area contributed by atoms with Crippen molar-refractivity contribution in [3.8, 4) is 5.75 Å². The Morgan fingerprint density at radius 1 is 1.03 bits per heavy atom. The molecule has 0 unspecified atom stereocenters. The lowest BCUT2D eigenvalue weighted by Gasteiger charge is -2.33. The van der Waals surface area contributed by atoms with Crippen LogP contribution in [-0.4, -0.2) is 61.4 Å². The van der Waals surface area contributed by atoms with Crippen molar-refractivity contribution < 1.29 is 19.1 Å². The zero-order valence-corrected chi connectivity index (χ0v) is 17.8. The van der Waals surface area contributed by atoms with Crippen LogP contribution < -0.4 is 15.4 Å². The van der Waals surface area contributed by atoms with Crippen LogP contribution in [0.3, 0.4) is 0 Å². The summed E-state index contributed by atoms with van der Waals surface area (Å²) in [5.74, 6) is -0.0462. The first kappa shape index (κ1) is 22.1. The first-order chi connectivity index (χ1) is 15.0. The maximum absolute atomic E-state index is 12.9. The second-order valence-electron chi connectivity index (χ2n) is 7.55. The molecule has 164 valence electrons. The smallest absolute Gasteiger partial charge is 0.321 e. The molecule has 8 nitrogen and oxygen atoms in total. The van der Waals surface area contributed by atoms with Gasteiger partial charge in [0.2, 0.25) is 11.8 Å². The van der Waals surface area contributed by atoms with Crippen LogP contribution in [0.2, 0.25) is 0 Å². The number of para-hydroxylation sites is 1. The Morgan fingerprint density at radius 2 is 1.71 bits per heavy atom. The molecule has 2 N–H and O–H groups in total. The highest BCUT2D eigenvalue weighted by molar-refractivity contribution is 5.95. The Kier molecular flexibility index (Phi) is 7.48. The van der Waals surface area contributed by atoms with Gasteiger partial charge in [-0.2, -0.15) is 0 Å². The minimum Gasteiger partial charge on any atom is -0.497 e. The van der Waals surface area contributed by atoms with Gasteiger partial charge in [-0.3, -0.25) is 9.59 Å². The molecule has 31 heavy (non-hydrogen) atoms. The number of ether oxygens (including phenoxy) is 1. The van der Waals surface area contributed by atoms with Crippen LogP contribution in [0.15, 0.2) is 54.6 Å². The molecule has 0 aliphatic carbocycles. The number of amides is 4. The van der Waals surface area contributed by atoms with Crippen molar-refractivity contribution in [1.29, 1.82) is 0 Å². The van der Waals surface area contributed by atoms with Crippen LogP contribution in [0.5, 0.6) is 5.75 Å². The summed E-state index contributed by atoms with van der Waals surface area (Å²) in [6, 6.07) is 16.0. The lowest BCUT2D eigenvalue weighted by atomic mass is 9.97. The van der Waals surface area contributed by atoms with Gasteiger partial charge in [0, 0.05) is 31.5 Å². The number of piperidine rings is 1. The van der Waals surface area contributed by atoms with E-state index in [1.54, 1.807) is 43.3 Å². The standard InChI is InChI=1S/C23H28N4O4/c1-26(16-21(28)24-19-10-12-20(31-2)13-11-19)22(29)17-7-6-14-27(15-17)23(30)25-18-8-4-3-5-9-18/h3-5,8-13,17H,6-7,14-16H2,1-2H3,(H,24,28)(H,25,30)/t17-/m1/s1. The molecule has 0 saturated carbocycles. The molecule has 3 rings (SSSR count). The van der Waals surface area contributed by atoms with E-state index in [1.807, 2.05) is 30.3 Å². The van der Waals surface area contributed by atoms with Gasteiger partial charge in [-0.25, -0.2) is 4.79 Å². The van der Waals surface area contributed by atoms with Crippen molar-refractivity contribution >= 4 is 29.2 Å². The summed E-state index contributed by atoms with van der Waals surface area (Å²) in [7, 11) is 3.19. The van der Waals surface area contributed by atoms with Gasteiger partial charge >= 0.3 is 6.03 Å². The van der Waals surface area contributed by atoms with Gasteiger partial charge in [0.1, 0.15) is 5.75 Å². The Balaban J connectivity index is 1.50. The van der Waals surface area contributed by atoms with E-state index in [0.717, 1.165) is 6.42 Å². The Bertz CT molecular complexity index is 902. The van der Waals surface area contributed by atoms with Crippen LogP contribution in [0.25, 0.3) is 0 Å². The molecule has 4 amide bonds. The molecule has 1 fully saturated rings. The average Bonchev–Trinajstić information content (AvgIpc) is 2.79. The van der Waals surface area contributed by atoms with E-state index in [0.29, 0.717) is 36.6 Å². The van der Waals surface area contributed by atoms with Gasteiger partial charge < -0.3 is 25.2 Å². The number of hydrogen-bond donors (Lipinski definition) is 2. The molecule has 2 aromatic rings. The lowest BCUT2D eigenvalue weighted by molar-refractivity contribution is -0.138. The van der Waals surface area contributed by atoms with Gasteiger partial charge in [-0.15, -0.1) is 0 Å². The fraction of sp³-hybridized carbons (Fsp3) is 0.348. The summed E-state index contributed by atoms with van der Waals surface area (Å²) in [5, 5.41) is 5.63. The minimum absolute atomic E-state index is 0.0580. The number of benzene rings is 2. The molecular weight excluding hydrogens is 396 g/mol. The molecule has 2 aromatic carbocycles. The quantitative estimate of drug-likeness (QED) is 0.746. The average molecular weight is 425 g/mol. The van der Waals surface area contributed by atoms with Crippen molar-refractivity contribution in [1.82, 2.24) is 9.80 Å². The minimum atomic E-state index is -0.325. The van der Waals surface area contributed by atoms with Gasteiger partial charge in [0.25, 0.3) is 0 Å². The second kappa shape index (κ2) is 10.5. The number of anilines is 2. The van der Waals surface area contributed by atoms with E-state index in [4.69, 9.17) is 4.74 Å². The molecule has 1 aliphatic rings. The van der Waals surface area contributed by atoms with Crippen molar-refractivity contribution in [2.75, 3.05) is 44.4 Å². The van der Waals surface area contributed by atoms with Crippen LogP contribution in [-0.2, 0) is 9.59 Å². The highest BCUT2D eigenvalue weighted by Crippen LogP contribution is 2.20. The van der Waals surface area contributed by atoms with E-state index in [1.165, 1.54) is 4.90 Å². The number of carbonyl (C=O) groups is 3. The highest BCUT2D eigenvalue weighted by Gasteiger charge is 2.30. The molecule has 0 aromatic heterocycles. The molecule has 1 saturated heterocycles. The van der Waals surface area contributed by atoms with Crippen molar-refractivity contribution in [3.05, 3.63) is 54.6 Å². The molecule has 8 heteroatoms. The first-order valence-corrected chi connectivity index (χ1v) is 10.3. The maximum Gasteiger partial charge on any atom is 0.321 e. The predicted octanol–water partition coefficient (Wildman–Crippen LogP) is 3.04. The SMILES string of the molecule is COc1ccc(NC(=O)CN(C)C(=O)[C@@H]2CCCN(C(=O)Nc3ccccc3)C2)cc1. The third-order valence-electron chi connectivity index (χ3n) is 5.21. The molecule has 0 spiro atoms. The number of likely N-dealkylation sites (tertiary alicyclic amines) is 1. The number of urea groups is 1. The van der Waals surface area contributed by atoms with E-state index < -0.39 is 0 Å². The van der Waals surface area contributed by atoms with E-state index in [-0.39, 0.29) is 30.3 Å². The number of carbonyl (C=O) groups excluding carboxylic acids is 3. The van der Waals surface area contributed by atoms with E-state index in [9.17, 15) is 14.4 Å². The van der Waals surface area contributed by atoms with Crippen LogP contribution in [0.1, 0.15) is 12.8 Å². The fourth-order valence-corrected chi connectivity index (χ4v) is 3.57. The van der Waals surface area contributed by atoms with E-state index in [2.05, 4.69) is 10.6 Å². The van der Waals surface area contributed by atoms with Crippen molar-refractivity contribution in [2.24, 2.45) is 5.92 Å². The zero-order chi connectivity index (χ0) is 22.2. The number of nitrogens with one attached hydrogen (secondary N) is 2. The second-order valence-corrected chi connectivity index (χ2v) is 7.55. The van der Waals surface area contributed by atoms with Gasteiger partial charge in [0.05, 0.1) is 19.6 Å². The van der Waals surface area contributed by atoms with Crippen molar-refractivity contribution in [3.63, 3.8) is 0 Å². The summed E-state index contributed by atoms with van der Waals surface area (Å²) in [6.45, 7) is 0.879. The van der Waals surface area contributed by atoms with Crippen LogP contribution in [0, 0.1) is 5.92 Å². The molecule has 0 bridgehead atoms. The monoisotopic (exact) mass is 424 g/mol. The lowest BCUT2D eigenvalue weighted by Crippen LogP contribution is -2.48. The molecular formula is C23H28N4O4. The van der Waals surface area contributed by atoms with Gasteiger partial charge in [-0.05, 0) is 49.2 Å². The normalized spacial score (nSPS) is 15.7. The number of likely N-dealkylation sites (N-methyl/N-ethyl adjacent to an activating group) is 1. The summed E-state index contributed by atoms with van der Waals surface area (Å²) >= 11 is 0. The zero-order valence-electron chi connectivity index (χ0n) is 17.8. The third kappa shape index (κ3) is 6.21. The topological polar surface area (TPSA) is 91.0 Å². The largest absolute Gasteiger partial charge is 0.497 e. The first-order valence-electron chi connectivity index (χ1n) is 10.3. The molecule has 1 aliphatic heterocycles. The third-order valence-corrected chi connectivity index (χ3v) is 5.21. The summed E-state index contributed by atoms with van der Waals surface area (Å²) in [6.07, 6.45) is 1.43. The predicted molar refractivity (Wildman–Crippen MR) is 119 cm³/mol. The van der Waals surface area contributed by atoms with Gasteiger partial charge in [-0.1, -0.05) is 18.2 Å². The molecule has 0 radical (unpaired) electrons. The molecule has 1 atom stereocenters. The highest BCUT2D eigenvalue weighted by atomic mass is 16.5. The number of hydrogen-bond acceptors (Lipinski definition) is 4. The summed E-state index contributed by atoms with van der Waals surface area (Å²) < 4.78 is 5.10.